The number of nitrogens with one attached hydrogen (secondary N) is 1. The van der Waals surface area contributed by atoms with Crippen LogP contribution >= 0.6 is 0 Å². The molecule has 17 heavy (non-hydrogen) atoms. The normalized spacial score (nSPS) is 11.1. The van der Waals surface area contributed by atoms with Crippen molar-refractivity contribution in [3.63, 3.8) is 0 Å². The lowest BCUT2D eigenvalue weighted by atomic mass is 10.5. The molecule has 0 aliphatic heterocycles. The Morgan fingerprint density at radius 1 is 1.18 bits per heavy atom. The monoisotopic (exact) mass is 262 g/mol. The fourth-order valence-corrected chi connectivity index (χ4v) is 3.77. The average Bonchev–Trinajstić information content (AvgIpc) is 2.14. The molecule has 100 valence electrons. The summed E-state index contributed by atoms with van der Waals surface area (Å²) >= 11 is 0. The maximum atomic E-state index is 11.0. The SMILES string of the molecule is CC(=O)O[Si](C)(CCCNCCN)OC(C)=O. The highest BCUT2D eigenvalue weighted by Gasteiger charge is 2.37. The number of nitrogens with two attached hydrogens (primary N) is 1. The quantitative estimate of drug-likeness (QED) is 0.477. The summed E-state index contributed by atoms with van der Waals surface area (Å²) in [4.78, 5) is 21.9. The molecule has 0 bridgehead atoms. The molecule has 0 heterocycles. The Morgan fingerprint density at radius 3 is 2.12 bits per heavy atom. The van der Waals surface area contributed by atoms with Gasteiger partial charge in [-0.2, -0.15) is 0 Å². The molecule has 0 spiro atoms. The molecular weight excluding hydrogens is 240 g/mol. The molecule has 0 atom stereocenters. The van der Waals surface area contributed by atoms with E-state index in [-0.39, 0.29) is 0 Å². The van der Waals surface area contributed by atoms with Gasteiger partial charge in [0.1, 0.15) is 0 Å². The second-order valence-corrected chi connectivity index (χ2v) is 7.14. The summed E-state index contributed by atoms with van der Waals surface area (Å²) in [5.41, 5.74) is 5.34. The molecule has 0 saturated heterocycles. The van der Waals surface area contributed by atoms with Crippen LogP contribution in [-0.4, -0.2) is 40.1 Å². The average molecular weight is 262 g/mol. The van der Waals surface area contributed by atoms with Gasteiger partial charge in [0.15, 0.2) is 0 Å². The van der Waals surface area contributed by atoms with Crippen LogP contribution in [0, 0.1) is 0 Å². The first-order chi connectivity index (χ1) is 7.89. The lowest BCUT2D eigenvalue weighted by Gasteiger charge is -2.24. The summed E-state index contributed by atoms with van der Waals surface area (Å²) in [5.74, 6) is -0.814. The highest BCUT2D eigenvalue weighted by Crippen LogP contribution is 2.16. The summed E-state index contributed by atoms with van der Waals surface area (Å²) in [7, 11) is -2.71. The molecule has 0 fully saturated rings. The van der Waals surface area contributed by atoms with Crippen LogP contribution in [0.15, 0.2) is 0 Å². The van der Waals surface area contributed by atoms with E-state index in [1.165, 1.54) is 13.8 Å². The third kappa shape index (κ3) is 8.84. The van der Waals surface area contributed by atoms with Crippen molar-refractivity contribution in [2.75, 3.05) is 19.6 Å². The van der Waals surface area contributed by atoms with Crippen molar-refractivity contribution < 1.29 is 18.4 Å². The Kier molecular flexibility index (Phi) is 7.76. The van der Waals surface area contributed by atoms with Crippen LogP contribution in [0.5, 0.6) is 0 Å². The van der Waals surface area contributed by atoms with Gasteiger partial charge < -0.3 is 19.9 Å². The number of rotatable bonds is 8. The second-order valence-electron chi connectivity index (χ2n) is 3.96. The molecule has 0 aromatic heterocycles. The number of hydrogen-bond acceptors (Lipinski definition) is 6. The Bertz CT molecular complexity index is 245. The molecule has 0 amide bonds. The standard InChI is InChI=1S/C10H22N2O4Si/c1-9(13)15-17(3,16-10(2)14)8-4-6-12-7-5-11/h12H,4-8,11H2,1-3H3. The molecular formula is C10H22N2O4Si. The van der Waals surface area contributed by atoms with Gasteiger partial charge in [-0.1, -0.05) is 0 Å². The molecule has 6 nitrogen and oxygen atoms in total. The summed E-state index contributed by atoms with van der Waals surface area (Å²) in [5, 5.41) is 3.13. The minimum Gasteiger partial charge on any atom is -0.485 e. The van der Waals surface area contributed by atoms with E-state index in [0.717, 1.165) is 19.5 Å². The van der Waals surface area contributed by atoms with Crippen LogP contribution < -0.4 is 11.1 Å². The van der Waals surface area contributed by atoms with Gasteiger partial charge >= 0.3 is 8.56 Å². The Labute approximate surface area is 103 Å². The topological polar surface area (TPSA) is 90.7 Å². The number of hydrogen-bond donors (Lipinski definition) is 2. The first-order valence-corrected chi connectivity index (χ1v) is 8.22. The van der Waals surface area contributed by atoms with E-state index in [1.807, 2.05) is 0 Å². The Hall–Kier alpha value is -0.923. The van der Waals surface area contributed by atoms with Gasteiger partial charge in [0.05, 0.1) is 0 Å². The van der Waals surface area contributed by atoms with Crippen molar-refractivity contribution in [2.24, 2.45) is 5.73 Å². The molecule has 3 N–H and O–H groups in total. The van der Waals surface area contributed by atoms with Crippen molar-refractivity contribution in [1.82, 2.24) is 5.32 Å². The van der Waals surface area contributed by atoms with Gasteiger partial charge in [-0.25, -0.2) is 0 Å². The molecule has 0 aliphatic carbocycles. The van der Waals surface area contributed by atoms with E-state index in [1.54, 1.807) is 6.55 Å². The first-order valence-electron chi connectivity index (χ1n) is 5.69. The highest BCUT2D eigenvalue weighted by molar-refractivity contribution is 6.69. The predicted octanol–water partition coefficient (Wildman–Crippen LogP) is 0.123. The second kappa shape index (κ2) is 8.21. The van der Waals surface area contributed by atoms with Gasteiger partial charge in [-0.15, -0.1) is 0 Å². The lowest BCUT2D eigenvalue weighted by molar-refractivity contribution is -0.138. The van der Waals surface area contributed by atoms with Gasteiger partial charge in [0, 0.05) is 39.5 Å². The zero-order valence-electron chi connectivity index (χ0n) is 10.7. The summed E-state index contributed by atoms with van der Waals surface area (Å²) in [6.45, 7) is 6.46. The van der Waals surface area contributed by atoms with E-state index >= 15 is 0 Å². The van der Waals surface area contributed by atoms with Crippen molar-refractivity contribution in [3.8, 4) is 0 Å². The third-order valence-electron chi connectivity index (χ3n) is 2.02. The van der Waals surface area contributed by atoms with Crippen LogP contribution in [0.25, 0.3) is 0 Å². The molecule has 7 heteroatoms. The van der Waals surface area contributed by atoms with E-state index in [4.69, 9.17) is 14.6 Å². The van der Waals surface area contributed by atoms with Gasteiger partial charge in [-0.3, -0.25) is 9.59 Å². The number of carbonyl (C=O) groups excluding carboxylic acids is 2. The smallest absolute Gasteiger partial charge is 0.461 e. The molecule has 0 aromatic rings. The molecule has 0 saturated carbocycles. The third-order valence-corrected chi connectivity index (χ3v) is 4.73. The van der Waals surface area contributed by atoms with Crippen LogP contribution in [0.4, 0.5) is 0 Å². The molecule has 0 radical (unpaired) electrons. The van der Waals surface area contributed by atoms with Gasteiger partial charge in [0.25, 0.3) is 11.9 Å². The predicted molar refractivity (Wildman–Crippen MR) is 66.5 cm³/mol. The zero-order valence-corrected chi connectivity index (χ0v) is 11.7. The molecule has 0 unspecified atom stereocenters. The van der Waals surface area contributed by atoms with E-state index in [9.17, 15) is 9.59 Å². The minimum absolute atomic E-state index is 0.407. The molecule has 0 aliphatic rings. The van der Waals surface area contributed by atoms with Crippen molar-refractivity contribution in [1.29, 1.82) is 0 Å². The van der Waals surface area contributed by atoms with Crippen LogP contribution in [0.3, 0.4) is 0 Å². The largest absolute Gasteiger partial charge is 0.485 e. The summed E-state index contributed by atoms with van der Waals surface area (Å²) < 4.78 is 10.3. The fourth-order valence-electron chi connectivity index (χ4n) is 1.49. The van der Waals surface area contributed by atoms with E-state index in [2.05, 4.69) is 5.32 Å². The Balaban J connectivity index is 4.09. The lowest BCUT2D eigenvalue weighted by Crippen LogP contribution is -2.42. The fraction of sp³-hybridized carbons (Fsp3) is 0.800. The van der Waals surface area contributed by atoms with Crippen molar-refractivity contribution >= 4 is 20.5 Å². The van der Waals surface area contributed by atoms with Crippen LogP contribution in [0.2, 0.25) is 12.6 Å². The van der Waals surface area contributed by atoms with Crippen molar-refractivity contribution in [3.05, 3.63) is 0 Å². The van der Waals surface area contributed by atoms with Gasteiger partial charge in [0.2, 0.25) is 0 Å². The van der Waals surface area contributed by atoms with Gasteiger partial charge in [-0.05, 0) is 13.0 Å². The summed E-state index contributed by atoms with van der Waals surface area (Å²) in [6.07, 6.45) is 0.781. The van der Waals surface area contributed by atoms with Crippen LogP contribution in [0.1, 0.15) is 20.3 Å². The first kappa shape index (κ1) is 16.1. The molecule has 0 rings (SSSR count). The van der Waals surface area contributed by atoms with Crippen molar-refractivity contribution in [2.45, 2.75) is 32.9 Å². The minimum atomic E-state index is -2.71. The molecule has 0 aromatic carbocycles. The highest BCUT2D eigenvalue weighted by atomic mass is 28.4. The Morgan fingerprint density at radius 2 is 1.71 bits per heavy atom. The number of carbonyl (C=O) groups is 2. The van der Waals surface area contributed by atoms with E-state index in [0.29, 0.717) is 12.6 Å². The zero-order chi connectivity index (χ0) is 13.3. The maximum Gasteiger partial charge on any atom is 0.461 e. The van der Waals surface area contributed by atoms with Crippen LogP contribution in [-0.2, 0) is 18.4 Å². The summed E-state index contributed by atoms with van der Waals surface area (Å²) in [6, 6.07) is 0.587. The van der Waals surface area contributed by atoms with E-state index < -0.39 is 20.5 Å². The maximum absolute atomic E-state index is 11.0.